The molecule has 0 unspecified atom stereocenters. The quantitative estimate of drug-likeness (QED) is 0.518. The van der Waals surface area contributed by atoms with E-state index < -0.39 is 0 Å². The summed E-state index contributed by atoms with van der Waals surface area (Å²) in [4.78, 5) is 0. The van der Waals surface area contributed by atoms with Crippen molar-refractivity contribution in [2.45, 2.75) is 33.1 Å². The van der Waals surface area contributed by atoms with Crippen molar-refractivity contribution in [1.82, 2.24) is 0 Å². The van der Waals surface area contributed by atoms with E-state index in [0.29, 0.717) is 0 Å². The first-order valence-electron chi connectivity index (χ1n) is 3.18. The molecule has 49 valence electrons. The van der Waals surface area contributed by atoms with Crippen molar-refractivity contribution in [3.05, 3.63) is 5.92 Å². The summed E-state index contributed by atoms with van der Waals surface area (Å²) in [6.45, 7) is 4.31. The number of unbranched alkanes of at least 4 members (excludes halogenated alkanes) is 1. The molecule has 0 N–H and O–H groups in total. The van der Waals surface area contributed by atoms with Gasteiger partial charge in [-0.15, -0.1) is 11.6 Å². The monoisotopic (exact) mass is 133 g/mol. The summed E-state index contributed by atoms with van der Waals surface area (Å²) >= 11 is 5.55. The van der Waals surface area contributed by atoms with Gasteiger partial charge in [-0.3, -0.25) is 0 Å². The average molecular weight is 134 g/mol. The molecule has 0 nitrogen and oxygen atoms in total. The molecule has 0 spiro atoms. The highest BCUT2D eigenvalue weighted by molar-refractivity contribution is 6.19. The van der Waals surface area contributed by atoms with Gasteiger partial charge in [-0.25, -0.2) is 0 Å². The van der Waals surface area contributed by atoms with Crippen LogP contribution in [-0.4, -0.2) is 5.88 Å². The minimum atomic E-state index is 0.736. The molecule has 8 heavy (non-hydrogen) atoms. The summed E-state index contributed by atoms with van der Waals surface area (Å²) < 4.78 is 0. The normalized spacial score (nSPS) is 10.5. The van der Waals surface area contributed by atoms with Crippen molar-refractivity contribution in [3.8, 4) is 0 Å². The first-order chi connectivity index (χ1) is 3.81. The first kappa shape index (κ1) is 8.29. The van der Waals surface area contributed by atoms with Crippen LogP contribution in [0.2, 0.25) is 0 Å². The molecule has 0 rings (SSSR count). The van der Waals surface area contributed by atoms with Crippen molar-refractivity contribution in [2.75, 3.05) is 5.88 Å². The Kier molecular flexibility index (Phi) is 5.62. The van der Waals surface area contributed by atoms with Crippen LogP contribution >= 0.6 is 11.6 Å². The highest BCUT2D eigenvalue weighted by Crippen LogP contribution is 2.10. The predicted octanol–water partition coefficient (Wildman–Crippen LogP) is 3.01. The van der Waals surface area contributed by atoms with Crippen molar-refractivity contribution in [1.29, 1.82) is 0 Å². The van der Waals surface area contributed by atoms with E-state index in [2.05, 4.69) is 13.8 Å². The van der Waals surface area contributed by atoms with E-state index in [1.165, 1.54) is 25.2 Å². The average Bonchev–Trinajstić information content (AvgIpc) is 1.83. The van der Waals surface area contributed by atoms with Gasteiger partial charge in [-0.05, 0) is 12.3 Å². The SMILES string of the molecule is CCCC[C](C)CCl. The Labute approximate surface area is 57.2 Å². The molecule has 0 aromatic carbocycles. The minimum absolute atomic E-state index is 0.736. The van der Waals surface area contributed by atoms with Gasteiger partial charge in [0.15, 0.2) is 0 Å². The maximum Gasteiger partial charge on any atom is 0.0282 e. The molecule has 0 fully saturated rings. The van der Waals surface area contributed by atoms with E-state index in [1.807, 2.05) is 0 Å². The van der Waals surface area contributed by atoms with Gasteiger partial charge < -0.3 is 0 Å². The van der Waals surface area contributed by atoms with Crippen molar-refractivity contribution < 1.29 is 0 Å². The van der Waals surface area contributed by atoms with Crippen LogP contribution in [0.3, 0.4) is 0 Å². The largest absolute Gasteiger partial charge is 0.126 e. The lowest BCUT2D eigenvalue weighted by Gasteiger charge is -2.02. The number of hydrogen-bond acceptors (Lipinski definition) is 0. The molecule has 0 saturated heterocycles. The zero-order chi connectivity index (χ0) is 6.41. The Hall–Kier alpha value is 0.290. The smallest absolute Gasteiger partial charge is 0.0282 e. The van der Waals surface area contributed by atoms with Gasteiger partial charge in [0.1, 0.15) is 0 Å². The summed E-state index contributed by atoms with van der Waals surface area (Å²) in [5.41, 5.74) is 0. The minimum Gasteiger partial charge on any atom is -0.126 e. The van der Waals surface area contributed by atoms with Crippen LogP contribution < -0.4 is 0 Å². The van der Waals surface area contributed by atoms with Gasteiger partial charge in [0, 0.05) is 5.88 Å². The van der Waals surface area contributed by atoms with Crippen molar-refractivity contribution >= 4 is 11.6 Å². The van der Waals surface area contributed by atoms with Crippen molar-refractivity contribution in [3.63, 3.8) is 0 Å². The third-order valence-corrected chi connectivity index (χ3v) is 1.64. The molecule has 0 amide bonds. The van der Waals surface area contributed by atoms with Gasteiger partial charge in [0.2, 0.25) is 0 Å². The van der Waals surface area contributed by atoms with Crippen LogP contribution in [0.1, 0.15) is 33.1 Å². The van der Waals surface area contributed by atoms with Crippen LogP contribution in [0, 0.1) is 5.92 Å². The molecular weight excluding hydrogens is 120 g/mol. The highest BCUT2D eigenvalue weighted by atomic mass is 35.5. The summed E-state index contributed by atoms with van der Waals surface area (Å²) in [6.07, 6.45) is 3.77. The number of halogens is 1. The second kappa shape index (κ2) is 5.43. The van der Waals surface area contributed by atoms with Crippen LogP contribution in [0.15, 0.2) is 0 Å². The third-order valence-electron chi connectivity index (χ3n) is 1.19. The summed E-state index contributed by atoms with van der Waals surface area (Å²) in [6, 6.07) is 0. The zero-order valence-corrected chi connectivity index (χ0v) is 6.46. The Balaban J connectivity index is 2.86. The Bertz CT molecular complexity index is 43.7. The molecule has 1 heteroatoms. The molecule has 0 heterocycles. The number of hydrogen-bond donors (Lipinski definition) is 0. The molecule has 1 radical (unpaired) electrons. The fourth-order valence-corrected chi connectivity index (χ4v) is 0.679. The lowest BCUT2D eigenvalue weighted by molar-refractivity contribution is 0.732. The zero-order valence-electron chi connectivity index (χ0n) is 5.71. The maximum absolute atomic E-state index is 5.55. The van der Waals surface area contributed by atoms with Gasteiger partial charge in [0.05, 0.1) is 0 Å². The molecular formula is C7H14Cl. The van der Waals surface area contributed by atoms with Crippen LogP contribution in [0.25, 0.3) is 0 Å². The van der Waals surface area contributed by atoms with Crippen LogP contribution in [0.5, 0.6) is 0 Å². The van der Waals surface area contributed by atoms with Gasteiger partial charge in [-0.1, -0.05) is 26.7 Å². The highest BCUT2D eigenvalue weighted by Gasteiger charge is 1.96. The second-order valence-corrected chi connectivity index (χ2v) is 2.46. The number of alkyl halides is 1. The Morgan fingerprint density at radius 3 is 2.50 bits per heavy atom. The summed E-state index contributed by atoms with van der Waals surface area (Å²) in [5.74, 6) is 2.15. The Morgan fingerprint density at radius 1 is 1.50 bits per heavy atom. The Morgan fingerprint density at radius 2 is 2.12 bits per heavy atom. The standard InChI is InChI=1S/C7H14Cl/c1-3-4-5-7(2)6-8/h3-6H2,1-2H3. The summed E-state index contributed by atoms with van der Waals surface area (Å²) in [7, 11) is 0. The van der Waals surface area contributed by atoms with E-state index >= 15 is 0 Å². The summed E-state index contributed by atoms with van der Waals surface area (Å²) in [5, 5.41) is 0. The predicted molar refractivity (Wildman–Crippen MR) is 39.2 cm³/mol. The lowest BCUT2D eigenvalue weighted by Crippen LogP contribution is -1.91. The second-order valence-electron chi connectivity index (χ2n) is 2.19. The third kappa shape index (κ3) is 4.45. The molecule has 0 bridgehead atoms. The lowest BCUT2D eigenvalue weighted by atomic mass is 10.1. The topological polar surface area (TPSA) is 0 Å². The number of rotatable bonds is 4. The molecule has 0 atom stereocenters. The van der Waals surface area contributed by atoms with Crippen LogP contribution in [-0.2, 0) is 0 Å². The molecule has 0 aliphatic carbocycles. The van der Waals surface area contributed by atoms with Crippen LogP contribution in [0.4, 0.5) is 0 Å². The van der Waals surface area contributed by atoms with Gasteiger partial charge in [0.25, 0.3) is 0 Å². The van der Waals surface area contributed by atoms with E-state index in [9.17, 15) is 0 Å². The van der Waals surface area contributed by atoms with Gasteiger partial charge in [-0.2, -0.15) is 0 Å². The van der Waals surface area contributed by atoms with E-state index in [1.54, 1.807) is 0 Å². The maximum atomic E-state index is 5.55. The fourth-order valence-electron chi connectivity index (χ4n) is 0.545. The first-order valence-corrected chi connectivity index (χ1v) is 3.72. The molecule has 0 aliphatic heterocycles. The molecule has 0 aliphatic rings. The molecule has 0 aromatic rings. The van der Waals surface area contributed by atoms with E-state index in [0.717, 1.165) is 5.88 Å². The van der Waals surface area contributed by atoms with Gasteiger partial charge >= 0.3 is 0 Å². The van der Waals surface area contributed by atoms with E-state index in [-0.39, 0.29) is 0 Å². The molecule has 0 saturated carbocycles. The van der Waals surface area contributed by atoms with Crippen molar-refractivity contribution in [2.24, 2.45) is 0 Å². The molecule has 0 aromatic heterocycles. The van der Waals surface area contributed by atoms with E-state index in [4.69, 9.17) is 11.6 Å². The fraction of sp³-hybridized carbons (Fsp3) is 0.857.